The van der Waals surface area contributed by atoms with E-state index in [1.54, 1.807) is 24.4 Å². The van der Waals surface area contributed by atoms with Crippen LogP contribution in [0, 0.1) is 0 Å². The number of benzene rings is 1. The highest BCUT2D eigenvalue weighted by Gasteiger charge is 2.19. The fourth-order valence-electron chi connectivity index (χ4n) is 2.59. The van der Waals surface area contributed by atoms with Gasteiger partial charge in [-0.1, -0.05) is 6.07 Å². The zero-order valence-corrected chi connectivity index (χ0v) is 14.4. The monoisotopic (exact) mass is 360 g/mol. The number of aromatic nitrogens is 1. The van der Waals surface area contributed by atoms with Gasteiger partial charge in [0.05, 0.1) is 17.1 Å². The lowest BCUT2D eigenvalue weighted by Crippen LogP contribution is -2.36. The quantitative estimate of drug-likeness (QED) is 0.702. The zero-order chi connectivity index (χ0) is 17.7. The number of hydrogen-bond donors (Lipinski definition) is 3. The van der Waals surface area contributed by atoms with Gasteiger partial charge in [-0.3, -0.25) is 9.78 Å². The number of pyridine rings is 1. The molecule has 0 saturated carbocycles. The normalized spacial score (nSPS) is 17.4. The van der Waals surface area contributed by atoms with E-state index in [0.29, 0.717) is 11.3 Å². The van der Waals surface area contributed by atoms with Crippen molar-refractivity contribution in [3.63, 3.8) is 0 Å². The number of sulfonamides is 1. The molecule has 1 saturated heterocycles. The zero-order valence-electron chi connectivity index (χ0n) is 13.6. The largest absolute Gasteiger partial charge is 0.348 e. The van der Waals surface area contributed by atoms with Crippen LogP contribution in [-0.4, -0.2) is 38.4 Å². The van der Waals surface area contributed by atoms with E-state index in [-0.39, 0.29) is 23.4 Å². The highest BCUT2D eigenvalue weighted by atomic mass is 32.2. The Morgan fingerprint density at radius 3 is 2.64 bits per heavy atom. The second-order valence-electron chi connectivity index (χ2n) is 5.83. The van der Waals surface area contributed by atoms with Gasteiger partial charge in [0.25, 0.3) is 5.91 Å². The van der Waals surface area contributed by atoms with Crippen LogP contribution in [0.2, 0.25) is 0 Å². The van der Waals surface area contributed by atoms with Crippen molar-refractivity contribution < 1.29 is 13.2 Å². The molecule has 0 radical (unpaired) electrons. The molecule has 25 heavy (non-hydrogen) atoms. The van der Waals surface area contributed by atoms with Crippen LogP contribution in [0.25, 0.3) is 0 Å². The maximum atomic E-state index is 12.3. The number of amides is 1. The van der Waals surface area contributed by atoms with E-state index in [2.05, 4.69) is 20.3 Å². The lowest BCUT2D eigenvalue weighted by molar-refractivity contribution is 0.0940. The summed E-state index contributed by atoms with van der Waals surface area (Å²) in [4.78, 5) is 16.4. The molecule has 2 aromatic rings. The van der Waals surface area contributed by atoms with Gasteiger partial charge >= 0.3 is 0 Å². The second-order valence-corrected chi connectivity index (χ2v) is 7.60. The Hall–Kier alpha value is -2.29. The third kappa shape index (κ3) is 4.62. The molecule has 0 spiro atoms. The number of hydrogen-bond acceptors (Lipinski definition) is 5. The van der Waals surface area contributed by atoms with Crippen molar-refractivity contribution in [2.45, 2.75) is 23.9 Å². The molecule has 0 aliphatic carbocycles. The van der Waals surface area contributed by atoms with E-state index in [9.17, 15) is 13.2 Å². The molecule has 8 heteroatoms. The summed E-state index contributed by atoms with van der Waals surface area (Å²) in [5.74, 6) is -0.195. The Morgan fingerprint density at radius 1 is 1.20 bits per heavy atom. The Balaban J connectivity index is 1.63. The van der Waals surface area contributed by atoms with Gasteiger partial charge in [0.2, 0.25) is 10.0 Å². The van der Waals surface area contributed by atoms with Crippen LogP contribution in [0.1, 0.15) is 22.5 Å². The summed E-state index contributed by atoms with van der Waals surface area (Å²) in [6.07, 6.45) is 2.51. The molecule has 7 nitrogen and oxygen atoms in total. The highest BCUT2D eigenvalue weighted by Crippen LogP contribution is 2.12. The predicted molar refractivity (Wildman–Crippen MR) is 93.4 cm³/mol. The molecule has 3 rings (SSSR count). The van der Waals surface area contributed by atoms with E-state index in [4.69, 9.17) is 0 Å². The van der Waals surface area contributed by atoms with Crippen molar-refractivity contribution in [2.75, 3.05) is 13.1 Å². The number of rotatable bonds is 6. The summed E-state index contributed by atoms with van der Waals surface area (Å²) in [6, 6.07) is 11.3. The molecule has 0 bridgehead atoms. The fraction of sp³-hybridized carbons (Fsp3) is 0.294. The summed E-state index contributed by atoms with van der Waals surface area (Å²) >= 11 is 0. The molecule has 1 aliphatic heterocycles. The Morgan fingerprint density at radius 2 is 2.00 bits per heavy atom. The van der Waals surface area contributed by atoms with Crippen molar-refractivity contribution in [1.29, 1.82) is 0 Å². The Labute approximate surface area is 146 Å². The average molecular weight is 360 g/mol. The lowest BCUT2D eigenvalue weighted by atomic mass is 10.2. The van der Waals surface area contributed by atoms with Crippen LogP contribution in [0.5, 0.6) is 0 Å². The lowest BCUT2D eigenvalue weighted by Gasteiger charge is -2.12. The van der Waals surface area contributed by atoms with Crippen LogP contribution < -0.4 is 15.4 Å². The molecular weight excluding hydrogens is 340 g/mol. The molecule has 132 valence electrons. The molecule has 1 aromatic heterocycles. The molecule has 3 N–H and O–H groups in total. The first-order chi connectivity index (χ1) is 12.0. The van der Waals surface area contributed by atoms with Gasteiger partial charge in [-0.15, -0.1) is 0 Å². The highest BCUT2D eigenvalue weighted by molar-refractivity contribution is 7.89. The molecule has 2 heterocycles. The van der Waals surface area contributed by atoms with E-state index < -0.39 is 10.0 Å². The van der Waals surface area contributed by atoms with Crippen LogP contribution >= 0.6 is 0 Å². The predicted octanol–water partition coefficient (Wildman–Crippen LogP) is 0.652. The van der Waals surface area contributed by atoms with Gasteiger partial charge in [0.15, 0.2) is 0 Å². The second kappa shape index (κ2) is 7.73. The van der Waals surface area contributed by atoms with Crippen LogP contribution in [0.15, 0.2) is 53.6 Å². The molecule has 1 aromatic carbocycles. The standard InChI is InChI=1S/C17H20N4O3S/c22-17(21-15-8-10-18-11-15)13-4-6-16(7-5-13)25(23,24)20-12-14-3-1-2-9-19-14/h1-7,9,15,18,20H,8,10-12H2,(H,21,22)/t15-/m0/s1. The van der Waals surface area contributed by atoms with Gasteiger partial charge < -0.3 is 10.6 Å². The molecular formula is C17H20N4O3S. The maximum absolute atomic E-state index is 12.3. The first-order valence-corrected chi connectivity index (χ1v) is 9.54. The minimum Gasteiger partial charge on any atom is -0.348 e. The summed E-state index contributed by atoms with van der Waals surface area (Å²) < 4.78 is 27.1. The summed E-state index contributed by atoms with van der Waals surface area (Å²) in [7, 11) is -3.66. The van der Waals surface area contributed by atoms with Gasteiger partial charge in [0.1, 0.15) is 0 Å². The fourth-order valence-corrected chi connectivity index (χ4v) is 3.59. The van der Waals surface area contributed by atoms with Gasteiger partial charge in [0, 0.05) is 24.3 Å². The van der Waals surface area contributed by atoms with Crippen molar-refractivity contribution in [3.05, 3.63) is 59.9 Å². The van der Waals surface area contributed by atoms with Crippen molar-refractivity contribution in [2.24, 2.45) is 0 Å². The number of carbonyl (C=O) groups excluding carboxylic acids is 1. The third-order valence-corrected chi connectivity index (χ3v) is 5.41. The first-order valence-electron chi connectivity index (χ1n) is 8.06. The minimum atomic E-state index is -3.66. The number of nitrogens with zero attached hydrogens (tertiary/aromatic N) is 1. The van der Waals surface area contributed by atoms with E-state index >= 15 is 0 Å². The van der Waals surface area contributed by atoms with E-state index in [0.717, 1.165) is 19.5 Å². The van der Waals surface area contributed by atoms with Crippen LogP contribution in [0.4, 0.5) is 0 Å². The van der Waals surface area contributed by atoms with Gasteiger partial charge in [-0.05, 0) is 49.4 Å². The van der Waals surface area contributed by atoms with Crippen LogP contribution in [-0.2, 0) is 16.6 Å². The Bertz CT molecular complexity index is 817. The number of nitrogens with one attached hydrogen (secondary N) is 3. The number of carbonyl (C=O) groups is 1. The Kier molecular flexibility index (Phi) is 5.42. The molecule has 1 fully saturated rings. The van der Waals surface area contributed by atoms with Gasteiger partial charge in [-0.2, -0.15) is 0 Å². The van der Waals surface area contributed by atoms with Crippen molar-refractivity contribution in [1.82, 2.24) is 20.3 Å². The van der Waals surface area contributed by atoms with Crippen molar-refractivity contribution in [3.8, 4) is 0 Å². The van der Waals surface area contributed by atoms with Crippen molar-refractivity contribution >= 4 is 15.9 Å². The average Bonchev–Trinajstić information content (AvgIpc) is 3.14. The summed E-state index contributed by atoms with van der Waals surface area (Å²) in [6.45, 7) is 1.76. The smallest absolute Gasteiger partial charge is 0.251 e. The molecule has 1 aliphatic rings. The SMILES string of the molecule is O=C(N[C@H]1CCNC1)c1ccc(S(=O)(=O)NCc2ccccn2)cc1. The van der Waals surface area contributed by atoms with Crippen LogP contribution in [0.3, 0.4) is 0 Å². The van der Waals surface area contributed by atoms with Gasteiger partial charge in [-0.25, -0.2) is 13.1 Å². The maximum Gasteiger partial charge on any atom is 0.251 e. The topological polar surface area (TPSA) is 100 Å². The van der Waals surface area contributed by atoms with E-state index in [1.807, 2.05) is 0 Å². The molecule has 1 amide bonds. The molecule has 1 atom stereocenters. The first kappa shape index (κ1) is 17.5. The third-order valence-electron chi connectivity index (χ3n) is 3.99. The van der Waals surface area contributed by atoms with E-state index in [1.165, 1.54) is 24.3 Å². The summed E-state index contributed by atoms with van der Waals surface area (Å²) in [5.41, 5.74) is 1.07. The molecule has 0 unspecified atom stereocenters. The summed E-state index contributed by atoms with van der Waals surface area (Å²) in [5, 5.41) is 6.10. The minimum absolute atomic E-state index is 0.111.